The molecule has 4 aliphatic rings. The minimum Gasteiger partial charge on any atom is -0.493 e. The summed E-state index contributed by atoms with van der Waals surface area (Å²) in [6.07, 6.45) is 6.13. The lowest BCUT2D eigenvalue weighted by Crippen LogP contribution is -2.47. The molecule has 0 bridgehead atoms. The second-order valence-corrected chi connectivity index (χ2v) is 14.6. The van der Waals surface area contributed by atoms with E-state index in [1.807, 2.05) is 0 Å². The summed E-state index contributed by atoms with van der Waals surface area (Å²) < 4.78 is 22.8. The summed E-state index contributed by atoms with van der Waals surface area (Å²) in [5.74, 6) is 5.26. The Kier molecular flexibility index (Phi) is 9.95. The fourth-order valence-electron chi connectivity index (χ4n) is 8.51. The molecule has 4 aliphatic heterocycles. The zero-order chi connectivity index (χ0) is 32.5. The number of hydrogen-bond donors (Lipinski definition) is 0. The Labute approximate surface area is 276 Å². The van der Waals surface area contributed by atoms with Crippen molar-refractivity contribution in [2.45, 2.75) is 78.3 Å². The third-order valence-corrected chi connectivity index (χ3v) is 10.7. The maximum absolute atomic E-state index is 5.73. The average molecular weight is 631 g/mol. The average Bonchev–Trinajstić information content (AvgIpc) is 3.05. The van der Waals surface area contributed by atoms with Crippen LogP contribution >= 0.6 is 0 Å². The third kappa shape index (κ3) is 6.52. The monoisotopic (exact) mass is 630 g/mol. The number of ether oxygens (including phenoxy) is 4. The zero-order valence-corrected chi connectivity index (χ0v) is 29.3. The van der Waals surface area contributed by atoms with E-state index in [1.54, 1.807) is 28.4 Å². The number of benzene rings is 2. The van der Waals surface area contributed by atoms with Crippen LogP contribution in [-0.4, -0.2) is 75.8 Å². The summed E-state index contributed by atoms with van der Waals surface area (Å²) in [6.45, 7) is 13.5. The van der Waals surface area contributed by atoms with E-state index in [1.165, 1.54) is 33.7 Å². The Morgan fingerprint density at radius 1 is 0.609 bits per heavy atom. The van der Waals surface area contributed by atoms with Gasteiger partial charge >= 0.3 is 0 Å². The Morgan fingerprint density at radius 3 is 1.33 bits per heavy atom. The number of nitrogens with zero attached hydrogens (tertiary/aromatic N) is 4. The lowest BCUT2D eigenvalue weighted by atomic mass is 9.79. The van der Waals surface area contributed by atoms with Gasteiger partial charge in [0.05, 0.1) is 28.4 Å². The fraction of sp³-hybridized carbons (Fsp3) is 0.632. The van der Waals surface area contributed by atoms with Crippen LogP contribution in [-0.2, 0) is 12.8 Å². The molecule has 0 aliphatic carbocycles. The number of piperidine rings is 2. The molecule has 2 aromatic rings. The number of fused-ring (bicyclic) bond motifs is 6. The summed E-state index contributed by atoms with van der Waals surface area (Å²) in [6, 6.07) is 9.34. The molecule has 2 aromatic carbocycles. The normalized spacial score (nSPS) is 26.5. The first kappa shape index (κ1) is 32.8. The molecule has 0 aromatic heterocycles. The van der Waals surface area contributed by atoms with Crippen LogP contribution in [0.3, 0.4) is 0 Å². The van der Waals surface area contributed by atoms with E-state index in [2.05, 4.69) is 61.8 Å². The third-order valence-electron chi connectivity index (χ3n) is 10.7. The minimum absolute atomic E-state index is 0.284. The Bertz CT molecular complexity index is 1360. The molecule has 0 radical (unpaired) electrons. The molecule has 0 N–H and O–H groups in total. The molecule has 0 saturated carbocycles. The second kappa shape index (κ2) is 13.9. The topological polar surface area (TPSA) is 68.1 Å². The Morgan fingerprint density at radius 2 is 0.978 bits per heavy atom. The first-order chi connectivity index (χ1) is 22.2. The van der Waals surface area contributed by atoms with Crippen molar-refractivity contribution in [3.63, 3.8) is 0 Å². The van der Waals surface area contributed by atoms with Crippen molar-refractivity contribution in [2.75, 3.05) is 54.6 Å². The highest BCUT2D eigenvalue weighted by Crippen LogP contribution is 2.45. The van der Waals surface area contributed by atoms with Gasteiger partial charge in [-0.3, -0.25) is 9.80 Å². The van der Waals surface area contributed by atoms with E-state index in [0.29, 0.717) is 23.7 Å². The molecule has 8 nitrogen and oxygen atoms in total. The lowest BCUT2D eigenvalue weighted by molar-refractivity contribution is 0.146. The Balaban J connectivity index is 1.35. The van der Waals surface area contributed by atoms with Gasteiger partial charge in [-0.2, -0.15) is 10.2 Å². The largest absolute Gasteiger partial charge is 0.493 e. The van der Waals surface area contributed by atoms with Crippen molar-refractivity contribution in [3.05, 3.63) is 46.5 Å². The van der Waals surface area contributed by atoms with Crippen molar-refractivity contribution in [1.29, 1.82) is 0 Å². The predicted molar refractivity (Wildman–Crippen MR) is 185 cm³/mol. The van der Waals surface area contributed by atoms with Crippen LogP contribution < -0.4 is 18.9 Å². The quantitative estimate of drug-likeness (QED) is 0.274. The van der Waals surface area contributed by atoms with Crippen LogP contribution in [0.2, 0.25) is 0 Å². The molecule has 250 valence electrons. The van der Waals surface area contributed by atoms with Crippen molar-refractivity contribution < 1.29 is 18.9 Å². The van der Waals surface area contributed by atoms with Crippen LogP contribution in [0.1, 0.15) is 87.7 Å². The second-order valence-electron chi connectivity index (χ2n) is 14.6. The molecular weight excluding hydrogens is 576 g/mol. The molecule has 0 spiro atoms. The van der Waals surface area contributed by atoms with Gasteiger partial charge in [-0.15, -0.1) is 0 Å². The van der Waals surface area contributed by atoms with Gasteiger partial charge in [0.1, 0.15) is 0 Å². The predicted octanol–water partition coefficient (Wildman–Crippen LogP) is 7.15. The van der Waals surface area contributed by atoms with Gasteiger partial charge in [0, 0.05) is 74.4 Å². The van der Waals surface area contributed by atoms with Gasteiger partial charge in [0.2, 0.25) is 0 Å². The van der Waals surface area contributed by atoms with Gasteiger partial charge in [-0.1, -0.05) is 27.7 Å². The van der Waals surface area contributed by atoms with E-state index in [0.717, 1.165) is 87.7 Å². The van der Waals surface area contributed by atoms with Gasteiger partial charge in [0.25, 0.3) is 0 Å². The molecule has 46 heavy (non-hydrogen) atoms. The summed E-state index contributed by atoms with van der Waals surface area (Å²) in [5.41, 5.74) is 7.93. The van der Waals surface area contributed by atoms with Crippen LogP contribution in [0.25, 0.3) is 0 Å². The molecule has 4 heterocycles. The van der Waals surface area contributed by atoms with Gasteiger partial charge < -0.3 is 18.9 Å². The number of methoxy groups -OCH3 is 4. The van der Waals surface area contributed by atoms with Crippen LogP contribution in [0.15, 0.2) is 34.5 Å². The molecule has 0 unspecified atom stereocenters. The summed E-state index contributed by atoms with van der Waals surface area (Å²) >= 11 is 0. The summed E-state index contributed by atoms with van der Waals surface area (Å²) in [4.78, 5) is 5.35. The maximum atomic E-state index is 5.73. The molecule has 6 rings (SSSR count). The highest BCUT2D eigenvalue weighted by atomic mass is 16.5. The minimum atomic E-state index is 0.284. The van der Waals surface area contributed by atoms with Crippen LogP contribution in [0, 0.1) is 23.7 Å². The summed E-state index contributed by atoms with van der Waals surface area (Å²) in [7, 11) is 6.89. The van der Waals surface area contributed by atoms with E-state index in [9.17, 15) is 0 Å². The highest BCUT2D eigenvalue weighted by Gasteiger charge is 2.40. The summed E-state index contributed by atoms with van der Waals surface area (Å²) in [5, 5.41) is 10.5. The number of rotatable bonds is 9. The highest BCUT2D eigenvalue weighted by molar-refractivity contribution is 5.92. The van der Waals surface area contributed by atoms with Gasteiger partial charge in [0.15, 0.2) is 23.0 Å². The maximum Gasteiger partial charge on any atom is 0.161 e. The van der Waals surface area contributed by atoms with Crippen LogP contribution in [0.4, 0.5) is 0 Å². The molecule has 2 saturated heterocycles. The molecule has 2 fully saturated rings. The zero-order valence-electron chi connectivity index (χ0n) is 29.3. The standard InChI is InChI=1S/C38H54N4O4/c1-23(2)13-27-21-41-11-9-25-15-35(43-5)37(45-7)17-29(25)33(41)19-31(27)39-40-32-20-34-30-18-38(46-8)36(44-6)16-26(30)10-12-42(34)22-28(32)14-24(3)4/h15-18,23-24,27-28,33-34H,9-14,19-22H2,1-8H3/b39-31+,40-32+/t27-,28-,33-,34+/m0/s1. The van der Waals surface area contributed by atoms with Crippen molar-refractivity contribution in [1.82, 2.24) is 9.80 Å². The van der Waals surface area contributed by atoms with Crippen molar-refractivity contribution in [2.24, 2.45) is 33.9 Å². The van der Waals surface area contributed by atoms with Crippen molar-refractivity contribution in [3.8, 4) is 23.0 Å². The van der Waals surface area contributed by atoms with E-state index in [-0.39, 0.29) is 12.1 Å². The lowest BCUT2D eigenvalue weighted by Gasteiger charge is -2.45. The number of hydrogen-bond acceptors (Lipinski definition) is 8. The molecule has 4 atom stereocenters. The first-order valence-corrected chi connectivity index (χ1v) is 17.3. The first-order valence-electron chi connectivity index (χ1n) is 17.3. The smallest absolute Gasteiger partial charge is 0.161 e. The van der Waals surface area contributed by atoms with Gasteiger partial charge in [-0.25, -0.2) is 0 Å². The SMILES string of the molecule is COc1cc2c(cc1OC)[C@H]1C/C(=N\N=C3/C[C@H]4c5cc(OC)c(OC)cc5CCN4C[C@@H]3CC(C)C)[C@@H](CC(C)C)CN1CC2. The van der Waals surface area contributed by atoms with Crippen LogP contribution in [0.5, 0.6) is 23.0 Å². The molecule has 0 amide bonds. The Hall–Kier alpha value is -3.10. The molecule has 8 heteroatoms. The van der Waals surface area contributed by atoms with Gasteiger partial charge in [-0.05, 0) is 84.0 Å². The molecular formula is C38H54N4O4. The fourth-order valence-corrected chi connectivity index (χ4v) is 8.51. The van der Waals surface area contributed by atoms with Crippen molar-refractivity contribution >= 4 is 11.4 Å². The van der Waals surface area contributed by atoms with E-state index >= 15 is 0 Å². The van der Waals surface area contributed by atoms with E-state index < -0.39 is 0 Å². The van der Waals surface area contributed by atoms with E-state index in [4.69, 9.17) is 29.2 Å².